The number of hydrogen-bond donors (Lipinski definition) is 1. The summed E-state index contributed by atoms with van der Waals surface area (Å²) >= 11 is 5.91. The van der Waals surface area contributed by atoms with E-state index in [1.54, 1.807) is 36.9 Å². The SMILES string of the molecule is COc1ccc(Cl)cc1C(=O)OCC(=O)Nc1c(C)n(C)n(-c2ccccc2)c1=O. The highest BCUT2D eigenvalue weighted by Gasteiger charge is 2.20. The van der Waals surface area contributed by atoms with Crippen LogP contribution in [0, 0.1) is 6.92 Å². The van der Waals surface area contributed by atoms with Crippen molar-refractivity contribution in [3.63, 3.8) is 0 Å². The zero-order valence-electron chi connectivity index (χ0n) is 16.6. The number of para-hydroxylation sites is 1. The summed E-state index contributed by atoms with van der Waals surface area (Å²) in [6, 6.07) is 13.5. The molecule has 2 aromatic carbocycles. The first-order valence-corrected chi connectivity index (χ1v) is 9.35. The van der Waals surface area contributed by atoms with Crippen LogP contribution in [0.1, 0.15) is 16.1 Å². The molecule has 0 spiro atoms. The van der Waals surface area contributed by atoms with Gasteiger partial charge in [0.05, 0.1) is 18.5 Å². The number of esters is 1. The third kappa shape index (κ3) is 4.23. The van der Waals surface area contributed by atoms with E-state index in [0.717, 1.165) is 0 Å². The Labute approximate surface area is 177 Å². The number of ether oxygens (including phenoxy) is 2. The minimum Gasteiger partial charge on any atom is -0.496 e. The Bertz CT molecular complexity index is 1150. The molecule has 8 nitrogen and oxygen atoms in total. The van der Waals surface area contributed by atoms with Crippen molar-refractivity contribution in [2.75, 3.05) is 19.0 Å². The lowest BCUT2D eigenvalue weighted by Crippen LogP contribution is -2.26. The minimum atomic E-state index is -0.768. The van der Waals surface area contributed by atoms with Crippen LogP contribution >= 0.6 is 11.6 Å². The lowest BCUT2D eigenvalue weighted by atomic mass is 10.2. The summed E-state index contributed by atoms with van der Waals surface area (Å²) in [5.74, 6) is -1.14. The molecule has 30 heavy (non-hydrogen) atoms. The highest BCUT2D eigenvalue weighted by Crippen LogP contribution is 2.23. The Morgan fingerprint density at radius 3 is 2.50 bits per heavy atom. The van der Waals surface area contributed by atoms with Crippen molar-refractivity contribution in [2.45, 2.75) is 6.92 Å². The number of methoxy groups -OCH3 is 1. The number of nitrogens with one attached hydrogen (secondary N) is 1. The fourth-order valence-corrected chi connectivity index (χ4v) is 3.11. The molecular weight excluding hydrogens is 410 g/mol. The van der Waals surface area contributed by atoms with Gasteiger partial charge in [0.1, 0.15) is 17.0 Å². The van der Waals surface area contributed by atoms with Gasteiger partial charge in [-0.2, -0.15) is 0 Å². The molecule has 0 unspecified atom stereocenters. The van der Waals surface area contributed by atoms with Gasteiger partial charge in [-0.25, -0.2) is 9.48 Å². The topological polar surface area (TPSA) is 91.6 Å². The van der Waals surface area contributed by atoms with Crippen molar-refractivity contribution in [3.05, 3.63) is 75.2 Å². The zero-order valence-corrected chi connectivity index (χ0v) is 17.4. The molecule has 156 valence electrons. The van der Waals surface area contributed by atoms with Gasteiger partial charge < -0.3 is 14.8 Å². The van der Waals surface area contributed by atoms with E-state index in [4.69, 9.17) is 21.1 Å². The van der Waals surface area contributed by atoms with E-state index in [1.165, 1.54) is 23.9 Å². The number of benzene rings is 2. The molecule has 1 heterocycles. The van der Waals surface area contributed by atoms with Gasteiger partial charge in [0.15, 0.2) is 6.61 Å². The van der Waals surface area contributed by atoms with E-state index >= 15 is 0 Å². The van der Waals surface area contributed by atoms with Gasteiger partial charge in [-0.05, 0) is 37.3 Å². The lowest BCUT2D eigenvalue weighted by molar-refractivity contribution is -0.119. The summed E-state index contributed by atoms with van der Waals surface area (Å²) in [5, 5.41) is 2.86. The van der Waals surface area contributed by atoms with Crippen LogP contribution in [0.4, 0.5) is 5.69 Å². The van der Waals surface area contributed by atoms with E-state index in [-0.39, 0.29) is 17.0 Å². The Hall–Kier alpha value is -3.52. The molecule has 3 rings (SSSR count). The Balaban J connectivity index is 1.74. The van der Waals surface area contributed by atoms with Gasteiger partial charge in [-0.3, -0.25) is 14.3 Å². The van der Waals surface area contributed by atoms with Crippen molar-refractivity contribution in [2.24, 2.45) is 7.05 Å². The first kappa shape index (κ1) is 21.2. The molecule has 1 amide bonds. The molecule has 0 bridgehead atoms. The maximum absolute atomic E-state index is 12.8. The highest BCUT2D eigenvalue weighted by molar-refractivity contribution is 6.31. The van der Waals surface area contributed by atoms with Crippen LogP contribution in [-0.4, -0.2) is 35.0 Å². The minimum absolute atomic E-state index is 0.0973. The summed E-state index contributed by atoms with van der Waals surface area (Å²) in [4.78, 5) is 37.4. The average molecular weight is 430 g/mol. The molecule has 0 aliphatic carbocycles. The number of nitrogens with zero attached hydrogens (tertiary/aromatic N) is 2. The average Bonchev–Trinajstić information content (AvgIpc) is 2.95. The van der Waals surface area contributed by atoms with Gasteiger partial charge in [-0.1, -0.05) is 29.8 Å². The Kier molecular flexibility index (Phi) is 6.27. The maximum Gasteiger partial charge on any atom is 0.342 e. The van der Waals surface area contributed by atoms with Crippen molar-refractivity contribution >= 4 is 29.2 Å². The number of amides is 1. The fraction of sp³-hybridized carbons (Fsp3) is 0.190. The second-order valence-electron chi connectivity index (χ2n) is 6.41. The third-order valence-electron chi connectivity index (χ3n) is 4.53. The van der Waals surface area contributed by atoms with Crippen molar-refractivity contribution in [1.82, 2.24) is 9.36 Å². The van der Waals surface area contributed by atoms with Crippen LogP contribution in [0.15, 0.2) is 53.3 Å². The first-order valence-electron chi connectivity index (χ1n) is 8.98. The highest BCUT2D eigenvalue weighted by atomic mass is 35.5. The van der Waals surface area contributed by atoms with Crippen molar-refractivity contribution < 1.29 is 19.1 Å². The quantitative estimate of drug-likeness (QED) is 0.608. The molecule has 1 N–H and O–H groups in total. The summed E-state index contributed by atoms with van der Waals surface area (Å²) in [6.07, 6.45) is 0. The lowest BCUT2D eigenvalue weighted by Gasteiger charge is -2.09. The second-order valence-corrected chi connectivity index (χ2v) is 6.84. The number of anilines is 1. The van der Waals surface area contributed by atoms with Crippen LogP contribution in [0.25, 0.3) is 5.69 Å². The molecule has 9 heteroatoms. The van der Waals surface area contributed by atoms with Crippen LogP contribution in [-0.2, 0) is 16.6 Å². The van der Waals surface area contributed by atoms with Crippen molar-refractivity contribution in [1.29, 1.82) is 0 Å². The number of carbonyl (C=O) groups excluding carboxylic acids is 2. The second kappa shape index (κ2) is 8.87. The molecule has 0 saturated carbocycles. The van der Waals surface area contributed by atoms with Crippen LogP contribution in [0.3, 0.4) is 0 Å². The van der Waals surface area contributed by atoms with Crippen molar-refractivity contribution in [3.8, 4) is 11.4 Å². The van der Waals surface area contributed by atoms with Gasteiger partial charge >= 0.3 is 5.97 Å². The normalized spacial score (nSPS) is 10.5. The fourth-order valence-electron chi connectivity index (χ4n) is 2.94. The molecular formula is C21H20ClN3O5. The number of aromatic nitrogens is 2. The zero-order chi connectivity index (χ0) is 21.8. The van der Waals surface area contributed by atoms with E-state index in [1.807, 2.05) is 18.2 Å². The number of carbonyl (C=O) groups is 2. The van der Waals surface area contributed by atoms with Gasteiger partial charge in [0, 0.05) is 12.1 Å². The molecule has 0 fully saturated rings. The van der Waals surface area contributed by atoms with E-state index in [9.17, 15) is 14.4 Å². The smallest absolute Gasteiger partial charge is 0.342 e. The monoisotopic (exact) mass is 429 g/mol. The van der Waals surface area contributed by atoms with Crippen LogP contribution < -0.4 is 15.6 Å². The summed E-state index contributed by atoms with van der Waals surface area (Å²) in [7, 11) is 3.12. The van der Waals surface area contributed by atoms with Crippen LogP contribution in [0.2, 0.25) is 5.02 Å². The molecule has 0 radical (unpaired) electrons. The first-order chi connectivity index (χ1) is 14.3. The van der Waals surface area contributed by atoms with Gasteiger partial charge in [-0.15, -0.1) is 0 Å². The molecule has 0 aliphatic heterocycles. The number of halogens is 1. The molecule has 0 saturated heterocycles. The predicted octanol–water partition coefficient (Wildman–Crippen LogP) is 2.94. The Morgan fingerprint density at radius 1 is 1.13 bits per heavy atom. The molecule has 0 atom stereocenters. The summed E-state index contributed by atoms with van der Waals surface area (Å²) in [6.45, 7) is 1.13. The number of rotatable bonds is 6. The third-order valence-corrected chi connectivity index (χ3v) is 4.77. The van der Waals surface area contributed by atoms with Crippen LogP contribution in [0.5, 0.6) is 5.75 Å². The summed E-state index contributed by atoms with van der Waals surface area (Å²) < 4.78 is 13.2. The molecule has 0 aliphatic rings. The van der Waals surface area contributed by atoms with Gasteiger partial charge in [0.2, 0.25) is 0 Å². The van der Waals surface area contributed by atoms with Gasteiger partial charge in [0.25, 0.3) is 11.5 Å². The maximum atomic E-state index is 12.8. The standard InChI is InChI=1S/C21H20ClN3O5/c1-13-19(20(27)25(24(13)2)15-7-5-4-6-8-15)23-18(26)12-30-21(28)16-11-14(22)9-10-17(16)29-3/h4-11H,12H2,1-3H3,(H,23,26). The largest absolute Gasteiger partial charge is 0.496 e. The molecule has 1 aromatic heterocycles. The van der Waals surface area contributed by atoms with E-state index < -0.39 is 24.0 Å². The number of hydrogen-bond acceptors (Lipinski definition) is 5. The van der Waals surface area contributed by atoms with E-state index in [2.05, 4.69) is 5.32 Å². The Morgan fingerprint density at radius 2 is 1.83 bits per heavy atom. The summed E-state index contributed by atoms with van der Waals surface area (Å²) in [5.41, 5.74) is 1.04. The molecule has 3 aromatic rings. The predicted molar refractivity (Wildman–Crippen MR) is 113 cm³/mol. The van der Waals surface area contributed by atoms with E-state index in [0.29, 0.717) is 16.4 Å².